The quantitative estimate of drug-likeness (QED) is 0.125. The van der Waals surface area contributed by atoms with Crippen molar-refractivity contribution in [3.63, 3.8) is 0 Å². The Hall–Kier alpha value is -7.02. The van der Waals surface area contributed by atoms with Crippen LogP contribution in [0.3, 0.4) is 0 Å². The molecule has 0 amide bonds. The molecule has 0 unspecified atom stereocenters. The van der Waals surface area contributed by atoms with Crippen LogP contribution in [0.15, 0.2) is 194 Å². The minimum Gasteiger partial charge on any atom is -0.0622 e. The Kier molecular flexibility index (Phi) is 6.97. The molecule has 54 heavy (non-hydrogen) atoms. The maximum absolute atomic E-state index is 2.43. The van der Waals surface area contributed by atoms with Crippen molar-refractivity contribution in [3.05, 3.63) is 205 Å². The molecule has 0 fully saturated rings. The molecule has 0 radical (unpaired) electrons. The van der Waals surface area contributed by atoms with E-state index in [0.29, 0.717) is 0 Å². The predicted octanol–water partition coefficient (Wildman–Crippen LogP) is 15.1. The van der Waals surface area contributed by atoms with Crippen LogP contribution in [0.1, 0.15) is 11.1 Å². The zero-order chi connectivity index (χ0) is 35.6. The number of rotatable bonds is 5. The molecule has 0 nitrogen and oxygen atoms in total. The standard InChI is InChI=1S/C54H34/c1-2-12-36(13-3-1)37-27-24-35(25-28-37)26-29-38-30-33-50(42-17-5-4-16-41(38)42)54-47-20-8-6-18-45(47)53(46-19-7-9-21-48(46)54)40-31-32-43-44-22-10-14-39-15-11-23-49(52(39)44)51(43)34-40/h1-34H. The Bertz CT molecular complexity index is 3060. The summed E-state index contributed by atoms with van der Waals surface area (Å²) in [6.07, 6.45) is 4.49. The van der Waals surface area contributed by atoms with Crippen molar-refractivity contribution in [2.75, 3.05) is 0 Å². The van der Waals surface area contributed by atoms with E-state index in [9.17, 15) is 0 Å². The molecule has 0 atom stereocenters. The van der Waals surface area contributed by atoms with Crippen LogP contribution in [0, 0.1) is 0 Å². The van der Waals surface area contributed by atoms with Gasteiger partial charge in [-0.2, -0.15) is 0 Å². The normalized spacial score (nSPS) is 12.0. The van der Waals surface area contributed by atoms with E-state index in [1.807, 2.05) is 0 Å². The Balaban J connectivity index is 1.06. The van der Waals surface area contributed by atoms with Crippen molar-refractivity contribution in [1.29, 1.82) is 0 Å². The molecule has 0 aliphatic heterocycles. The summed E-state index contributed by atoms with van der Waals surface area (Å²) in [7, 11) is 0. The molecule has 0 saturated carbocycles. The van der Waals surface area contributed by atoms with Crippen molar-refractivity contribution >= 4 is 55.2 Å². The highest BCUT2D eigenvalue weighted by atomic mass is 14.3. The molecule has 0 saturated heterocycles. The topological polar surface area (TPSA) is 0 Å². The molecule has 11 rings (SSSR count). The third kappa shape index (κ3) is 4.78. The largest absolute Gasteiger partial charge is 0.0622 e. The summed E-state index contributed by atoms with van der Waals surface area (Å²) in [5.74, 6) is 0. The lowest BCUT2D eigenvalue weighted by atomic mass is 9.83. The number of fused-ring (bicyclic) bond motifs is 6. The van der Waals surface area contributed by atoms with E-state index in [-0.39, 0.29) is 0 Å². The van der Waals surface area contributed by atoms with Crippen molar-refractivity contribution in [3.8, 4) is 55.6 Å². The molecular formula is C54H34. The van der Waals surface area contributed by atoms with Crippen molar-refractivity contribution in [1.82, 2.24) is 0 Å². The van der Waals surface area contributed by atoms with E-state index in [4.69, 9.17) is 0 Å². The molecule has 0 bridgehead atoms. The van der Waals surface area contributed by atoms with Gasteiger partial charge in [0.15, 0.2) is 0 Å². The first-order chi connectivity index (χ1) is 26.8. The van der Waals surface area contributed by atoms with E-state index >= 15 is 0 Å². The van der Waals surface area contributed by atoms with Crippen LogP contribution >= 0.6 is 0 Å². The molecule has 0 heterocycles. The number of hydrogen-bond acceptors (Lipinski definition) is 0. The van der Waals surface area contributed by atoms with Crippen LogP contribution in [-0.4, -0.2) is 0 Å². The van der Waals surface area contributed by atoms with Gasteiger partial charge in [0.05, 0.1) is 0 Å². The predicted molar refractivity (Wildman–Crippen MR) is 233 cm³/mol. The average Bonchev–Trinajstić information content (AvgIpc) is 3.56. The highest BCUT2D eigenvalue weighted by molar-refractivity contribution is 6.24. The summed E-state index contributed by atoms with van der Waals surface area (Å²) in [6.45, 7) is 0. The molecule has 10 aromatic carbocycles. The van der Waals surface area contributed by atoms with Crippen LogP contribution in [0.25, 0.3) is 111 Å². The molecule has 1 aliphatic rings. The van der Waals surface area contributed by atoms with Gasteiger partial charge in [0.25, 0.3) is 0 Å². The first-order valence-corrected chi connectivity index (χ1v) is 18.8. The first kappa shape index (κ1) is 30.6. The van der Waals surface area contributed by atoms with Gasteiger partial charge < -0.3 is 0 Å². The summed E-state index contributed by atoms with van der Waals surface area (Å²) >= 11 is 0. The zero-order valence-corrected chi connectivity index (χ0v) is 29.6. The van der Waals surface area contributed by atoms with Crippen molar-refractivity contribution in [2.24, 2.45) is 0 Å². The Morgan fingerprint density at radius 2 is 0.815 bits per heavy atom. The van der Waals surface area contributed by atoms with Crippen molar-refractivity contribution in [2.45, 2.75) is 0 Å². The smallest absolute Gasteiger partial charge is 0.00201 e. The molecule has 10 aromatic rings. The van der Waals surface area contributed by atoms with Gasteiger partial charge in [0.2, 0.25) is 0 Å². The van der Waals surface area contributed by atoms with Gasteiger partial charge in [-0.15, -0.1) is 0 Å². The van der Waals surface area contributed by atoms with Crippen LogP contribution in [0.5, 0.6) is 0 Å². The van der Waals surface area contributed by atoms with Crippen LogP contribution in [0.4, 0.5) is 0 Å². The Labute approximate surface area is 314 Å². The fourth-order valence-electron chi connectivity index (χ4n) is 8.97. The van der Waals surface area contributed by atoms with Gasteiger partial charge in [0, 0.05) is 0 Å². The SMILES string of the molecule is C(=Cc1ccc(-c2c3ccccc3c(-c3ccc4c(c3)-c3cccc5cccc-4c35)c3ccccc23)c2ccccc12)c1ccc(-c2ccccc2)cc1. The fourth-order valence-corrected chi connectivity index (χ4v) is 8.97. The Morgan fingerprint density at radius 3 is 1.50 bits per heavy atom. The minimum atomic E-state index is 1.18. The molecular weight excluding hydrogens is 649 g/mol. The van der Waals surface area contributed by atoms with Gasteiger partial charge in [-0.3, -0.25) is 0 Å². The van der Waals surface area contributed by atoms with Crippen molar-refractivity contribution < 1.29 is 0 Å². The van der Waals surface area contributed by atoms with Crippen LogP contribution < -0.4 is 0 Å². The van der Waals surface area contributed by atoms with Gasteiger partial charge >= 0.3 is 0 Å². The Morgan fingerprint density at radius 1 is 0.278 bits per heavy atom. The molecule has 0 N–H and O–H groups in total. The summed E-state index contributed by atoms with van der Waals surface area (Å²) in [6, 6.07) is 71.4. The highest BCUT2D eigenvalue weighted by Crippen LogP contribution is 2.51. The molecule has 0 aromatic heterocycles. The second-order valence-electron chi connectivity index (χ2n) is 14.4. The van der Waals surface area contributed by atoms with Gasteiger partial charge in [-0.25, -0.2) is 0 Å². The fraction of sp³-hybridized carbons (Fsp3) is 0. The second kappa shape index (κ2) is 12.3. The molecule has 250 valence electrons. The third-order valence-corrected chi connectivity index (χ3v) is 11.4. The van der Waals surface area contributed by atoms with E-state index < -0.39 is 0 Å². The number of benzene rings is 10. The third-order valence-electron chi connectivity index (χ3n) is 11.4. The van der Waals surface area contributed by atoms with Crippen LogP contribution in [0.2, 0.25) is 0 Å². The summed E-state index contributed by atoms with van der Waals surface area (Å²) in [4.78, 5) is 0. The zero-order valence-electron chi connectivity index (χ0n) is 29.6. The van der Waals surface area contributed by atoms with Gasteiger partial charge in [-0.1, -0.05) is 200 Å². The first-order valence-electron chi connectivity index (χ1n) is 18.8. The van der Waals surface area contributed by atoms with E-state index in [1.54, 1.807) is 0 Å². The summed E-state index contributed by atoms with van der Waals surface area (Å²) in [5.41, 5.74) is 15.2. The average molecular weight is 683 g/mol. The molecule has 0 heteroatoms. The van der Waals surface area contributed by atoms with Gasteiger partial charge in [0.1, 0.15) is 0 Å². The number of hydrogen-bond donors (Lipinski definition) is 0. The molecule has 0 spiro atoms. The monoisotopic (exact) mass is 682 g/mol. The lowest BCUT2D eigenvalue weighted by Gasteiger charge is -2.19. The van der Waals surface area contributed by atoms with E-state index in [2.05, 4.69) is 206 Å². The van der Waals surface area contributed by atoms with E-state index in [1.165, 1.54) is 110 Å². The summed E-state index contributed by atoms with van der Waals surface area (Å²) in [5, 5.41) is 10.2. The second-order valence-corrected chi connectivity index (χ2v) is 14.4. The van der Waals surface area contributed by atoms with E-state index in [0.717, 1.165) is 0 Å². The maximum atomic E-state index is 2.43. The summed E-state index contributed by atoms with van der Waals surface area (Å²) < 4.78 is 0. The van der Waals surface area contributed by atoms with Crippen LogP contribution in [-0.2, 0) is 0 Å². The maximum Gasteiger partial charge on any atom is -0.00201 e. The lowest BCUT2D eigenvalue weighted by Crippen LogP contribution is -1.92. The highest BCUT2D eigenvalue weighted by Gasteiger charge is 2.23. The minimum absolute atomic E-state index is 1.18. The van der Waals surface area contributed by atoms with Gasteiger partial charge in [-0.05, 0) is 116 Å². The molecule has 1 aliphatic carbocycles. The lowest BCUT2D eigenvalue weighted by molar-refractivity contribution is 1.60.